The first-order chi connectivity index (χ1) is 19.6. The van der Waals surface area contributed by atoms with Crippen molar-refractivity contribution in [3.8, 4) is 12.1 Å². The zero-order valence-electron chi connectivity index (χ0n) is 20.4. The average molecular weight is 506 g/mol. The fraction of sp³-hybridized carbons (Fsp3) is 0. The van der Waals surface area contributed by atoms with Crippen molar-refractivity contribution in [1.29, 1.82) is 10.5 Å². The van der Waals surface area contributed by atoms with Gasteiger partial charge in [0.15, 0.2) is 11.4 Å². The Morgan fingerprint density at radius 1 is 0.525 bits per heavy atom. The van der Waals surface area contributed by atoms with E-state index in [0.29, 0.717) is 44.1 Å². The van der Waals surface area contributed by atoms with E-state index in [1.54, 1.807) is 24.3 Å². The van der Waals surface area contributed by atoms with Crippen LogP contribution in [0.25, 0.3) is 86.1 Å². The van der Waals surface area contributed by atoms with E-state index in [9.17, 15) is 10.5 Å². The Bertz CT molecular complexity index is 2290. The van der Waals surface area contributed by atoms with Crippen molar-refractivity contribution in [2.24, 2.45) is 0 Å². The van der Waals surface area contributed by atoms with E-state index in [4.69, 9.17) is 33.1 Å². The highest BCUT2D eigenvalue weighted by Gasteiger charge is 2.21. The lowest BCUT2D eigenvalue weighted by atomic mass is 9.91. The number of rotatable bonds is 0. The molecule has 0 radical (unpaired) electrons. The maximum absolute atomic E-state index is 9.55. The fourth-order valence-corrected chi connectivity index (χ4v) is 5.73. The van der Waals surface area contributed by atoms with E-state index >= 15 is 0 Å². The summed E-state index contributed by atoms with van der Waals surface area (Å²) in [6, 6.07) is 22.6. The Kier molecular flexibility index (Phi) is 4.06. The number of hydrogen-bond acceptors (Lipinski definition) is 6. The number of hydrogen-bond donors (Lipinski definition) is 0. The van der Waals surface area contributed by atoms with Crippen LogP contribution in [-0.2, 0) is 0 Å². The molecule has 0 saturated carbocycles. The molecule has 0 spiro atoms. The third-order valence-electron chi connectivity index (χ3n) is 7.45. The lowest BCUT2D eigenvalue weighted by Crippen LogP contribution is -1.97. The van der Waals surface area contributed by atoms with Crippen LogP contribution in [0.3, 0.4) is 0 Å². The first-order valence-corrected chi connectivity index (χ1v) is 12.2. The Morgan fingerprint density at radius 2 is 0.850 bits per heavy atom. The van der Waals surface area contributed by atoms with Gasteiger partial charge >= 0.3 is 0 Å². The fourth-order valence-electron chi connectivity index (χ4n) is 5.73. The third kappa shape index (κ3) is 2.64. The van der Waals surface area contributed by atoms with Crippen LogP contribution in [0.4, 0.5) is 11.4 Å². The number of nitriles is 2. The first-order valence-electron chi connectivity index (χ1n) is 12.2. The van der Waals surface area contributed by atoms with Crippen LogP contribution in [0.1, 0.15) is 11.1 Å². The van der Waals surface area contributed by atoms with Crippen LogP contribution in [0.2, 0.25) is 0 Å². The van der Waals surface area contributed by atoms with Crippen molar-refractivity contribution in [2.75, 3.05) is 0 Å². The molecule has 2 heterocycles. The van der Waals surface area contributed by atoms with Gasteiger partial charge in [0, 0.05) is 32.3 Å². The Hall–Kier alpha value is -6.48. The average Bonchev–Trinajstić information content (AvgIpc) is 3.01. The zero-order chi connectivity index (χ0) is 27.1. The van der Waals surface area contributed by atoms with Gasteiger partial charge in [-0.15, -0.1) is 0 Å². The molecule has 8 aromatic rings. The summed E-state index contributed by atoms with van der Waals surface area (Å²) in [7, 11) is 0. The highest BCUT2D eigenvalue weighted by Crippen LogP contribution is 2.44. The van der Waals surface area contributed by atoms with Crippen LogP contribution >= 0.6 is 0 Å². The second-order valence-corrected chi connectivity index (χ2v) is 9.46. The normalized spacial score (nSPS) is 11.4. The maximum atomic E-state index is 9.55. The lowest BCUT2D eigenvalue weighted by Gasteiger charge is -2.16. The van der Waals surface area contributed by atoms with Crippen molar-refractivity contribution >= 4 is 87.8 Å². The van der Waals surface area contributed by atoms with Crippen LogP contribution in [-0.4, -0.2) is 19.9 Å². The molecule has 0 aliphatic heterocycles. The summed E-state index contributed by atoms with van der Waals surface area (Å²) in [5.74, 6) is 0. The van der Waals surface area contributed by atoms with E-state index in [1.165, 1.54) is 0 Å². The molecule has 8 heteroatoms. The standard InChI is InChI=1S/C32H10N8/c1-35-21-11-25-26(12-22(21)36-2)40-32-20-8-4-6-18-28(20)27-17(5-3-7-19(27)31(32)39-25)29-30(18)38-24-10-16(14-34)15(13-33)9-23(24)37-29/h3-12H. The predicted octanol–water partition coefficient (Wildman–Crippen LogP) is 7.62. The molecule has 0 N–H and O–H groups in total. The number of aromatic nitrogens is 4. The van der Waals surface area contributed by atoms with E-state index in [-0.39, 0.29) is 22.5 Å². The molecular weight excluding hydrogens is 496 g/mol. The van der Waals surface area contributed by atoms with E-state index in [0.717, 1.165) is 32.3 Å². The highest BCUT2D eigenvalue weighted by atomic mass is 14.8. The van der Waals surface area contributed by atoms with Gasteiger partial charge in [-0.3, -0.25) is 9.69 Å². The smallest absolute Gasteiger partial charge is 0.196 e. The van der Waals surface area contributed by atoms with Gasteiger partial charge in [0.2, 0.25) is 0 Å². The van der Waals surface area contributed by atoms with Crippen molar-refractivity contribution in [3.63, 3.8) is 0 Å². The van der Waals surface area contributed by atoms with Gasteiger partial charge < -0.3 is 0 Å². The molecular formula is C32H10N8. The van der Waals surface area contributed by atoms with Crippen LogP contribution < -0.4 is 0 Å². The van der Waals surface area contributed by atoms with Crippen molar-refractivity contribution in [1.82, 2.24) is 19.9 Å². The van der Waals surface area contributed by atoms with Crippen molar-refractivity contribution < 1.29 is 0 Å². The topological polar surface area (TPSA) is 108 Å². The van der Waals surface area contributed by atoms with Crippen molar-refractivity contribution in [3.05, 3.63) is 94.6 Å². The predicted molar refractivity (Wildman–Crippen MR) is 153 cm³/mol. The summed E-state index contributed by atoms with van der Waals surface area (Å²) in [6.07, 6.45) is 0. The largest absolute Gasteiger partial charge is 0.250 e. The Labute approximate surface area is 225 Å². The molecule has 0 fully saturated rings. The molecule has 40 heavy (non-hydrogen) atoms. The summed E-state index contributed by atoms with van der Waals surface area (Å²) >= 11 is 0. The number of fused-ring (bicyclic) bond motifs is 8. The van der Waals surface area contributed by atoms with E-state index < -0.39 is 0 Å². The molecule has 0 aliphatic carbocycles. The molecule has 8 nitrogen and oxygen atoms in total. The van der Waals surface area contributed by atoms with Crippen LogP contribution in [0.15, 0.2) is 60.7 Å². The second-order valence-electron chi connectivity index (χ2n) is 9.46. The first kappa shape index (κ1) is 21.6. The van der Waals surface area contributed by atoms with Gasteiger partial charge in [-0.05, 0) is 24.3 Å². The molecule has 8 rings (SSSR count). The zero-order valence-corrected chi connectivity index (χ0v) is 20.4. The summed E-state index contributed by atoms with van der Waals surface area (Å²) in [4.78, 5) is 26.9. The van der Waals surface area contributed by atoms with Gasteiger partial charge in [-0.25, -0.2) is 19.9 Å². The van der Waals surface area contributed by atoms with Gasteiger partial charge in [0.1, 0.15) is 12.1 Å². The lowest BCUT2D eigenvalue weighted by molar-refractivity contribution is 1.38. The quantitative estimate of drug-likeness (QED) is 0.119. The maximum Gasteiger partial charge on any atom is 0.196 e. The van der Waals surface area contributed by atoms with Crippen molar-refractivity contribution in [2.45, 2.75) is 0 Å². The Morgan fingerprint density at radius 3 is 1.15 bits per heavy atom. The molecule has 2 aromatic heterocycles. The highest BCUT2D eigenvalue weighted by molar-refractivity contribution is 6.38. The molecule has 0 aliphatic rings. The van der Waals surface area contributed by atoms with E-state index in [2.05, 4.69) is 21.8 Å². The van der Waals surface area contributed by atoms with Crippen LogP contribution in [0.5, 0.6) is 0 Å². The summed E-state index contributed by atoms with van der Waals surface area (Å²) in [6.45, 7) is 15.0. The molecule has 6 aromatic carbocycles. The van der Waals surface area contributed by atoms with Crippen LogP contribution in [0, 0.1) is 35.8 Å². The minimum Gasteiger partial charge on any atom is -0.250 e. The molecule has 178 valence electrons. The summed E-state index contributed by atoms with van der Waals surface area (Å²) in [5, 5.41) is 24.6. The van der Waals surface area contributed by atoms with Gasteiger partial charge in [0.05, 0.1) is 68.4 Å². The minimum atomic E-state index is 0.248. The summed E-state index contributed by atoms with van der Waals surface area (Å²) in [5.41, 5.74) is 5.97. The monoisotopic (exact) mass is 506 g/mol. The minimum absolute atomic E-state index is 0.248. The second kappa shape index (κ2) is 7.53. The molecule has 0 saturated heterocycles. The number of nitrogens with zero attached hydrogens (tertiary/aromatic N) is 8. The van der Waals surface area contributed by atoms with Gasteiger partial charge in [-0.1, -0.05) is 36.4 Å². The molecule has 0 amide bonds. The molecule has 0 bridgehead atoms. The van der Waals surface area contributed by atoms with Gasteiger partial charge in [-0.2, -0.15) is 10.5 Å². The third-order valence-corrected chi connectivity index (χ3v) is 7.45. The van der Waals surface area contributed by atoms with E-state index in [1.807, 2.05) is 36.4 Å². The Balaban J connectivity index is 1.62. The van der Waals surface area contributed by atoms with Gasteiger partial charge in [0.25, 0.3) is 0 Å². The number of benzene rings is 6. The molecule has 0 unspecified atom stereocenters. The molecule has 0 atom stereocenters. The SMILES string of the molecule is [C-]#[N+]c1cc2nc3c4cccc5c6nc7cc(C#N)c(C#N)cc7nc6c6cccc(c3nc2cc1[N+]#[C-])c6c54. The summed E-state index contributed by atoms with van der Waals surface area (Å²) < 4.78 is 0.